The smallest absolute Gasteiger partial charge is 0.0830 e. The molecule has 0 amide bonds. The van der Waals surface area contributed by atoms with E-state index in [1.54, 1.807) is 6.20 Å². The van der Waals surface area contributed by atoms with Gasteiger partial charge in [-0.1, -0.05) is 48.5 Å². The van der Waals surface area contributed by atoms with E-state index in [0.717, 1.165) is 25.0 Å². The molecule has 0 aliphatic rings. The minimum atomic E-state index is 0.201. The lowest BCUT2D eigenvalue weighted by atomic mass is 10.1. The maximum Gasteiger partial charge on any atom is 0.0830 e. The van der Waals surface area contributed by atoms with Crippen molar-refractivity contribution in [1.29, 1.82) is 0 Å². The van der Waals surface area contributed by atoms with Crippen LogP contribution in [0.4, 0.5) is 0 Å². The van der Waals surface area contributed by atoms with Crippen LogP contribution in [-0.2, 0) is 12.8 Å². The molecule has 0 fully saturated rings. The minimum Gasteiger partial charge on any atom is -0.264 e. The van der Waals surface area contributed by atoms with Crippen molar-refractivity contribution >= 4 is 0 Å². The molecule has 0 unspecified atom stereocenters. The Morgan fingerprint density at radius 3 is 2.64 bits per heavy atom. The van der Waals surface area contributed by atoms with Gasteiger partial charge in [-0.3, -0.25) is 4.98 Å². The molecule has 0 radical (unpaired) electrons. The second-order valence-corrected chi connectivity index (χ2v) is 5.39. The Hall–Kier alpha value is -2.49. The van der Waals surface area contributed by atoms with Crippen LogP contribution in [0.5, 0.6) is 0 Å². The van der Waals surface area contributed by atoms with Crippen LogP contribution in [0.1, 0.15) is 36.2 Å². The molecular formula is C18H20N4. The predicted molar refractivity (Wildman–Crippen MR) is 86.5 cm³/mol. The van der Waals surface area contributed by atoms with E-state index in [1.807, 2.05) is 23.0 Å². The van der Waals surface area contributed by atoms with Crippen LogP contribution in [0.15, 0.2) is 61.1 Å². The molecule has 4 heteroatoms. The van der Waals surface area contributed by atoms with Crippen LogP contribution < -0.4 is 0 Å². The number of nitrogens with zero attached hydrogens (tertiary/aromatic N) is 4. The molecule has 0 aliphatic carbocycles. The molecule has 2 heterocycles. The average Bonchev–Trinajstić information content (AvgIpc) is 3.04. The molecule has 0 spiro atoms. The highest BCUT2D eigenvalue weighted by Crippen LogP contribution is 2.20. The molecule has 4 nitrogen and oxygen atoms in total. The Kier molecular flexibility index (Phi) is 4.59. The number of rotatable bonds is 6. The first-order valence-electron chi connectivity index (χ1n) is 7.71. The lowest BCUT2D eigenvalue weighted by Crippen LogP contribution is -2.10. The second kappa shape index (κ2) is 6.98. The zero-order valence-electron chi connectivity index (χ0n) is 12.8. The molecule has 22 heavy (non-hydrogen) atoms. The minimum absolute atomic E-state index is 0.201. The highest BCUT2D eigenvalue weighted by Gasteiger charge is 2.13. The van der Waals surface area contributed by atoms with Crippen molar-refractivity contribution < 1.29 is 0 Å². The summed E-state index contributed by atoms with van der Waals surface area (Å²) in [6, 6.07) is 14.7. The fourth-order valence-corrected chi connectivity index (χ4v) is 2.65. The van der Waals surface area contributed by atoms with Gasteiger partial charge in [0.05, 0.1) is 11.7 Å². The summed E-state index contributed by atoms with van der Waals surface area (Å²) in [6.45, 7) is 2.16. The van der Waals surface area contributed by atoms with Gasteiger partial charge in [-0.2, -0.15) is 0 Å². The van der Waals surface area contributed by atoms with Gasteiger partial charge in [-0.25, -0.2) is 4.68 Å². The first-order valence-corrected chi connectivity index (χ1v) is 7.71. The molecule has 0 saturated carbocycles. The van der Waals surface area contributed by atoms with Crippen LogP contribution in [0, 0.1) is 0 Å². The topological polar surface area (TPSA) is 43.6 Å². The first-order chi connectivity index (χ1) is 10.9. The molecule has 0 bridgehead atoms. The third kappa shape index (κ3) is 3.39. The molecule has 3 aromatic rings. The second-order valence-electron chi connectivity index (χ2n) is 5.39. The Morgan fingerprint density at radius 2 is 1.91 bits per heavy atom. The molecule has 112 valence electrons. The lowest BCUT2D eigenvalue weighted by Gasteiger charge is -2.14. The van der Waals surface area contributed by atoms with E-state index in [0.29, 0.717) is 0 Å². The quantitative estimate of drug-likeness (QED) is 0.699. The zero-order chi connectivity index (χ0) is 15.2. The summed E-state index contributed by atoms with van der Waals surface area (Å²) in [5, 5.41) is 8.63. The summed E-state index contributed by atoms with van der Waals surface area (Å²) in [5.74, 6) is 0. The molecule has 0 N–H and O–H groups in total. The van der Waals surface area contributed by atoms with E-state index in [-0.39, 0.29) is 6.04 Å². The molecule has 0 aliphatic heterocycles. The van der Waals surface area contributed by atoms with Crippen molar-refractivity contribution in [2.75, 3.05) is 0 Å². The van der Waals surface area contributed by atoms with Crippen LogP contribution in [0.25, 0.3) is 0 Å². The van der Waals surface area contributed by atoms with E-state index >= 15 is 0 Å². The monoisotopic (exact) mass is 292 g/mol. The van der Waals surface area contributed by atoms with E-state index in [2.05, 4.69) is 58.7 Å². The molecule has 2 aromatic heterocycles. The van der Waals surface area contributed by atoms with E-state index in [9.17, 15) is 0 Å². The van der Waals surface area contributed by atoms with Gasteiger partial charge in [0.25, 0.3) is 0 Å². The van der Waals surface area contributed by atoms with Crippen LogP contribution >= 0.6 is 0 Å². The highest BCUT2D eigenvalue weighted by atomic mass is 15.4. The first kappa shape index (κ1) is 14.4. The van der Waals surface area contributed by atoms with Crippen LogP contribution in [0.2, 0.25) is 0 Å². The third-order valence-electron chi connectivity index (χ3n) is 3.85. The number of benzene rings is 1. The van der Waals surface area contributed by atoms with Gasteiger partial charge in [0.15, 0.2) is 0 Å². The molecule has 1 atom stereocenters. The lowest BCUT2D eigenvalue weighted by molar-refractivity contribution is 0.492. The van der Waals surface area contributed by atoms with E-state index < -0.39 is 0 Å². The number of hydrogen-bond donors (Lipinski definition) is 0. The Balaban J connectivity index is 1.70. The summed E-state index contributed by atoms with van der Waals surface area (Å²) in [6.07, 6.45) is 8.62. The fourth-order valence-electron chi connectivity index (χ4n) is 2.65. The van der Waals surface area contributed by atoms with Crippen molar-refractivity contribution in [2.45, 2.75) is 32.2 Å². The van der Waals surface area contributed by atoms with Gasteiger partial charge < -0.3 is 0 Å². The van der Waals surface area contributed by atoms with Gasteiger partial charge in [-0.05, 0) is 36.5 Å². The maximum atomic E-state index is 4.32. The molecule has 3 rings (SSSR count). The molecular weight excluding hydrogens is 272 g/mol. The molecule has 1 aromatic carbocycles. The normalized spacial score (nSPS) is 12.2. The maximum absolute atomic E-state index is 4.32. The SMILES string of the molecule is CC[C@H](c1cccnc1)n1cc(CCc2ccccc2)nn1. The van der Waals surface area contributed by atoms with Gasteiger partial charge >= 0.3 is 0 Å². The summed E-state index contributed by atoms with van der Waals surface area (Å²) in [5.41, 5.74) is 3.53. The van der Waals surface area contributed by atoms with E-state index in [4.69, 9.17) is 0 Å². The van der Waals surface area contributed by atoms with Crippen molar-refractivity contribution in [3.63, 3.8) is 0 Å². The summed E-state index contributed by atoms with van der Waals surface area (Å²) < 4.78 is 1.96. The summed E-state index contributed by atoms with van der Waals surface area (Å²) in [7, 11) is 0. The van der Waals surface area contributed by atoms with Crippen molar-refractivity contribution in [1.82, 2.24) is 20.0 Å². The summed E-state index contributed by atoms with van der Waals surface area (Å²) in [4.78, 5) is 4.20. The van der Waals surface area contributed by atoms with Crippen molar-refractivity contribution in [3.05, 3.63) is 77.9 Å². The van der Waals surface area contributed by atoms with Gasteiger partial charge in [0.1, 0.15) is 0 Å². The number of pyridine rings is 1. The number of hydrogen-bond acceptors (Lipinski definition) is 3. The van der Waals surface area contributed by atoms with Gasteiger partial charge in [0, 0.05) is 18.6 Å². The Bertz CT molecular complexity index is 691. The zero-order valence-corrected chi connectivity index (χ0v) is 12.8. The number of aryl methyl sites for hydroxylation is 2. The van der Waals surface area contributed by atoms with Gasteiger partial charge in [0.2, 0.25) is 0 Å². The Labute approximate surface area is 130 Å². The van der Waals surface area contributed by atoms with Crippen LogP contribution in [0.3, 0.4) is 0 Å². The van der Waals surface area contributed by atoms with Crippen molar-refractivity contribution in [3.8, 4) is 0 Å². The number of aromatic nitrogens is 4. The average molecular weight is 292 g/mol. The Morgan fingerprint density at radius 1 is 1.05 bits per heavy atom. The van der Waals surface area contributed by atoms with Gasteiger partial charge in [-0.15, -0.1) is 5.10 Å². The molecule has 0 saturated heterocycles. The van der Waals surface area contributed by atoms with Crippen molar-refractivity contribution in [2.24, 2.45) is 0 Å². The summed E-state index contributed by atoms with van der Waals surface area (Å²) >= 11 is 0. The predicted octanol–water partition coefficient (Wildman–Crippen LogP) is 3.46. The fraction of sp³-hybridized carbons (Fsp3) is 0.278. The standard InChI is InChI=1S/C18H20N4/c1-2-18(16-9-6-12-19-13-16)22-14-17(20-21-22)11-10-15-7-4-3-5-8-15/h3-9,12-14,18H,2,10-11H2,1H3/t18-/m1/s1. The highest BCUT2D eigenvalue weighted by molar-refractivity contribution is 5.17. The van der Waals surface area contributed by atoms with E-state index in [1.165, 1.54) is 11.1 Å². The van der Waals surface area contributed by atoms with Crippen LogP contribution in [-0.4, -0.2) is 20.0 Å². The largest absolute Gasteiger partial charge is 0.264 e. The third-order valence-corrected chi connectivity index (χ3v) is 3.85.